The lowest BCUT2D eigenvalue weighted by Crippen LogP contribution is -2.29. The highest BCUT2D eigenvalue weighted by Crippen LogP contribution is 2.11. The first-order valence-corrected chi connectivity index (χ1v) is 6.06. The molecule has 1 amide bonds. The Kier molecular flexibility index (Phi) is 3.89. The zero-order chi connectivity index (χ0) is 13.0. The Labute approximate surface area is 106 Å². The Morgan fingerprint density at radius 2 is 2.11 bits per heavy atom. The quantitative estimate of drug-likeness (QED) is 0.858. The normalized spacial score (nSPS) is 12.3. The molecule has 0 aliphatic heterocycles. The molecule has 1 atom stereocenters. The van der Waals surface area contributed by atoms with Crippen molar-refractivity contribution in [1.29, 1.82) is 0 Å². The van der Waals surface area contributed by atoms with Gasteiger partial charge in [0.1, 0.15) is 5.69 Å². The van der Waals surface area contributed by atoms with Gasteiger partial charge in [-0.25, -0.2) is 4.98 Å². The van der Waals surface area contributed by atoms with E-state index >= 15 is 0 Å². The van der Waals surface area contributed by atoms with Gasteiger partial charge >= 0.3 is 0 Å². The first-order chi connectivity index (χ1) is 8.66. The Bertz CT molecular complexity index is 551. The van der Waals surface area contributed by atoms with Crippen molar-refractivity contribution >= 4 is 16.8 Å². The summed E-state index contributed by atoms with van der Waals surface area (Å²) in [7, 11) is 0. The average molecular weight is 243 g/mol. The summed E-state index contributed by atoms with van der Waals surface area (Å²) in [4.78, 5) is 16.2. The van der Waals surface area contributed by atoms with Gasteiger partial charge in [-0.3, -0.25) is 4.79 Å². The molecule has 18 heavy (non-hydrogen) atoms. The van der Waals surface area contributed by atoms with Crippen molar-refractivity contribution in [2.45, 2.75) is 19.4 Å². The van der Waals surface area contributed by atoms with E-state index in [-0.39, 0.29) is 11.9 Å². The summed E-state index contributed by atoms with van der Waals surface area (Å²) in [5, 5.41) is 3.85. The van der Waals surface area contributed by atoms with Crippen molar-refractivity contribution in [2.75, 3.05) is 6.54 Å². The largest absolute Gasteiger partial charge is 0.351 e. The number of benzene rings is 1. The smallest absolute Gasteiger partial charge is 0.269 e. The summed E-state index contributed by atoms with van der Waals surface area (Å²) in [5.74, 6) is -0.151. The highest BCUT2D eigenvalue weighted by atomic mass is 16.1. The van der Waals surface area contributed by atoms with E-state index in [4.69, 9.17) is 5.73 Å². The molecule has 1 aromatic carbocycles. The van der Waals surface area contributed by atoms with Crippen molar-refractivity contribution in [2.24, 2.45) is 5.73 Å². The van der Waals surface area contributed by atoms with E-state index in [1.54, 1.807) is 6.07 Å². The predicted octanol–water partition coefficient (Wildman–Crippen LogP) is 1.70. The maximum Gasteiger partial charge on any atom is 0.269 e. The van der Waals surface area contributed by atoms with Gasteiger partial charge < -0.3 is 11.1 Å². The molecule has 4 heteroatoms. The number of rotatable bonds is 4. The lowest BCUT2D eigenvalue weighted by molar-refractivity contribution is 0.0948. The fraction of sp³-hybridized carbons (Fsp3) is 0.286. The van der Waals surface area contributed by atoms with Crippen LogP contribution in [0.25, 0.3) is 10.9 Å². The van der Waals surface area contributed by atoms with Crippen LogP contribution in [0, 0.1) is 0 Å². The monoisotopic (exact) mass is 243 g/mol. The third kappa shape index (κ3) is 3.05. The minimum atomic E-state index is -0.151. The molecule has 1 unspecified atom stereocenters. The third-order valence-corrected chi connectivity index (χ3v) is 2.72. The van der Waals surface area contributed by atoms with Gasteiger partial charge in [0.25, 0.3) is 5.91 Å². The van der Waals surface area contributed by atoms with Crippen molar-refractivity contribution < 1.29 is 4.79 Å². The Morgan fingerprint density at radius 3 is 2.89 bits per heavy atom. The number of aromatic nitrogens is 1. The maximum absolute atomic E-state index is 11.9. The minimum Gasteiger partial charge on any atom is -0.351 e. The number of hydrogen-bond donors (Lipinski definition) is 2. The molecule has 2 rings (SSSR count). The molecule has 0 radical (unpaired) electrons. The van der Waals surface area contributed by atoms with Crippen LogP contribution in [0.3, 0.4) is 0 Å². The van der Waals surface area contributed by atoms with Crippen LogP contribution >= 0.6 is 0 Å². The lowest BCUT2D eigenvalue weighted by Gasteiger charge is -2.07. The number of nitrogens with one attached hydrogen (secondary N) is 1. The number of hydrogen-bond acceptors (Lipinski definition) is 3. The molecular weight excluding hydrogens is 226 g/mol. The van der Waals surface area contributed by atoms with Gasteiger partial charge in [-0.15, -0.1) is 0 Å². The van der Waals surface area contributed by atoms with Crippen LogP contribution in [-0.4, -0.2) is 23.5 Å². The van der Waals surface area contributed by atoms with E-state index in [1.165, 1.54) is 0 Å². The predicted molar refractivity (Wildman–Crippen MR) is 72.3 cm³/mol. The zero-order valence-electron chi connectivity index (χ0n) is 10.4. The van der Waals surface area contributed by atoms with Gasteiger partial charge in [0, 0.05) is 18.0 Å². The van der Waals surface area contributed by atoms with E-state index in [0.717, 1.165) is 17.3 Å². The minimum absolute atomic E-state index is 0.0925. The molecule has 2 aromatic rings. The first kappa shape index (κ1) is 12.5. The summed E-state index contributed by atoms with van der Waals surface area (Å²) in [6.07, 6.45) is 0.763. The zero-order valence-corrected chi connectivity index (χ0v) is 10.4. The van der Waals surface area contributed by atoms with Gasteiger partial charge in [0.2, 0.25) is 0 Å². The summed E-state index contributed by atoms with van der Waals surface area (Å²) in [5.41, 5.74) is 6.90. The molecule has 1 aromatic heterocycles. The molecule has 0 saturated carbocycles. The second-order valence-electron chi connectivity index (χ2n) is 4.41. The Balaban J connectivity index is 2.08. The number of carbonyl (C=O) groups excluding carboxylic acids is 1. The first-order valence-electron chi connectivity index (χ1n) is 6.06. The van der Waals surface area contributed by atoms with E-state index in [0.29, 0.717) is 12.2 Å². The molecule has 94 valence electrons. The van der Waals surface area contributed by atoms with E-state index in [2.05, 4.69) is 10.3 Å². The van der Waals surface area contributed by atoms with Gasteiger partial charge in [-0.1, -0.05) is 24.3 Å². The van der Waals surface area contributed by atoms with Crippen molar-refractivity contribution in [1.82, 2.24) is 10.3 Å². The van der Waals surface area contributed by atoms with Gasteiger partial charge in [-0.05, 0) is 25.5 Å². The average Bonchev–Trinajstić information content (AvgIpc) is 2.37. The number of amides is 1. The van der Waals surface area contributed by atoms with Crippen LogP contribution in [0.5, 0.6) is 0 Å². The third-order valence-electron chi connectivity index (χ3n) is 2.72. The topological polar surface area (TPSA) is 68.0 Å². The Hall–Kier alpha value is -1.94. The molecular formula is C14H17N3O. The van der Waals surface area contributed by atoms with Crippen LogP contribution in [0.4, 0.5) is 0 Å². The lowest BCUT2D eigenvalue weighted by atomic mass is 10.2. The molecule has 0 fully saturated rings. The number of nitrogens with two attached hydrogens (primary N) is 1. The molecule has 0 spiro atoms. The van der Waals surface area contributed by atoms with Crippen molar-refractivity contribution in [3.63, 3.8) is 0 Å². The highest BCUT2D eigenvalue weighted by Gasteiger charge is 2.07. The molecule has 0 aliphatic rings. The molecule has 4 nitrogen and oxygen atoms in total. The van der Waals surface area contributed by atoms with Crippen LogP contribution in [-0.2, 0) is 0 Å². The van der Waals surface area contributed by atoms with Crippen LogP contribution in [0.1, 0.15) is 23.8 Å². The summed E-state index contributed by atoms with van der Waals surface area (Å²) >= 11 is 0. The maximum atomic E-state index is 11.9. The van der Waals surface area contributed by atoms with Gasteiger partial charge in [0.05, 0.1) is 5.52 Å². The van der Waals surface area contributed by atoms with Crippen LogP contribution in [0.2, 0.25) is 0 Å². The fourth-order valence-corrected chi connectivity index (χ4v) is 1.70. The second-order valence-corrected chi connectivity index (χ2v) is 4.41. The molecule has 0 saturated heterocycles. The van der Waals surface area contributed by atoms with Gasteiger partial charge in [-0.2, -0.15) is 0 Å². The van der Waals surface area contributed by atoms with Gasteiger partial charge in [0.15, 0.2) is 0 Å². The number of fused-ring (bicyclic) bond motifs is 1. The van der Waals surface area contributed by atoms with E-state index in [9.17, 15) is 4.79 Å². The second kappa shape index (κ2) is 5.60. The number of para-hydroxylation sites is 1. The standard InChI is InChI=1S/C14H17N3O/c1-10(15)8-9-16-14(18)13-7-6-11-4-2-3-5-12(11)17-13/h2-7,10H,8-9,15H2,1H3,(H,16,18). The number of pyridine rings is 1. The van der Waals surface area contributed by atoms with Crippen molar-refractivity contribution in [3.05, 3.63) is 42.1 Å². The van der Waals surface area contributed by atoms with Crippen molar-refractivity contribution in [3.8, 4) is 0 Å². The molecule has 1 heterocycles. The highest BCUT2D eigenvalue weighted by molar-refractivity contribution is 5.94. The SMILES string of the molecule is CC(N)CCNC(=O)c1ccc2ccccc2n1. The van der Waals surface area contributed by atoms with Crippen LogP contribution < -0.4 is 11.1 Å². The molecule has 3 N–H and O–H groups in total. The summed E-state index contributed by atoms with van der Waals surface area (Å²) in [6, 6.07) is 11.5. The van der Waals surface area contributed by atoms with E-state index in [1.807, 2.05) is 37.3 Å². The van der Waals surface area contributed by atoms with Crippen LogP contribution in [0.15, 0.2) is 36.4 Å². The van der Waals surface area contributed by atoms with E-state index < -0.39 is 0 Å². The summed E-state index contributed by atoms with van der Waals surface area (Å²) in [6.45, 7) is 2.49. The fourth-order valence-electron chi connectivity index (χ4n) is 1.70. The number of carbonyl (C=O) groups is 1. The number of nitrogens with zero attached hydrogens (tertiary/aromatic N) is 1. The Morgan fingerprint density at radius 1 is 1.33 bits per heavy atom. The summed E-state index contributed by atoms with van der Waals surface area (Å²) < 4.78 is 0. The molecule has 0 bridgehead atoms. The molecule has 0 aliphatic carbocycles.